The molecule has 1 saturated heterocycles. The molecule has 0 spiro atoms. The van der Waals surface area contributed by atoms with Crippen molar-refractivity contribution in [3.05, 3.63) is 28.8 Å². The molecule has 2 N–H and O–H groups in total. The highest BCUT2D eigenvalue weighted by Crippen LogP contribution is 2.40. The number of ether oxygens (including phenoxy) is 2. The lowest BCUT2D eigenvalue weighted by molar-refractivity contribution is -0.138. The van der Waals surface area contributed by atoms with Gasteiger partial charge in [0.2, 0.25) is 0 Å². The van der Waals surface area contributed by atoms with Gasteiger partial charge in [0.25, 0.3) is 0 Å². The van der Waals surface area contributed by atoms with Crippen LogP contribution in [0.5, 0.6) is 0 Å². The van der Waals surface area contributed by atoms with E-state index in [9.17, 15) is 18.0 Å². The standard InChI is InChI=1S/C13H14F3NO3/c1-19-12(18)9-4-8(7-2-3-20-6-7)10(5-11(9)17)13(14,15)16/h4-5,7H,2-3,6,17H2,1H3. The molecule has 1 aliphatic heterocycles. The number of nitrogens with two attached hydrogens (primary N) is 1. The highest BCUT2D eigenvalue weighted by Gasteiger charge is 2.37. The fourth-order valence-electron chi connectivity index (χ4n) is 2.28. The van der Waals surface area contributed by atoms with Gasteiger partial charge in [0.1, 0.15) is 0 Å². The van der Waals surface area contributed by atoms with Crippen molar-refractivity contribution in [2.45, 2.75) is 18.5 Å². The number of methoxy groups -OCH3 is 1. The summed E-state index contributed by atoms with van der Waals surface area (Å²) in [4.78, 5) is 11.5. The van der Waals surface area contributed by atoms with E-state index in [1.165, 1.54) is 6.07 Å². The number of esters is 1. The molecular formula is C13H14F3NO3. The van der Waals surface area contributed by atoms with Gasteiger partial charge in [-0.1, -0.05) is 0 Å². The number of carbonyl (C=O) groups excluding carboxylic acids is 1. The van der Waals surface area contributed by atoms with Crippen LogP contribution in [-0.4, -0.2) is 26.3 Å². The van der Waals surface area contributed by atoms with Gasteiger partial charge in [0, 0.05) is 18.2 Å². The van der Waals surface area contributed by atoms with Crippen molar-refractivity contribution in [3.63, 3.8) is 0 Å². The second-order valence-corrected chi connectivity index (χ2v) is 4.58. The fraction of sp³-hybridized carbons (Fsp3) is 0.462. The minimum Gasteiger partial charge on any atom is -0.465 e. The van der Waals surface area contributed by atoms with Crippen molar-refractivity contribution in [1.82, 2.24) is 0 Å². The Balaban J connectivity index is 2.57. The van der Waals surface area contributed by atoms with Gasteiger partial charge in [-0.05, 0) is 24.1 Å². The van der Waals surface area contributed by atoms with Crippen LogP contribution in [0.25, 0.3) is 0 Å². The van der Waals surface area contributed by atoms with Crippen molar-refractivity contribution in [1.29, 1.82) is 0 Å². The molecule has 2 rings (SSSR count). The molecule has 0 saturated carbocycles. The number of carbonyl (C=O) groups is 1. The summed E-state index contributed by atoms with van der Waals surface area (Å²) in [5.74, 6) is -1.15. The van der Waals surface area contributed by atoms with E-state index in [1.54, 1.807) is 0 Å². The second-order valence-electron chi connectivity index (χ2n) is 4.58. The van der Waals surface area contributed by atoms with E-state index in [1.807, 2.05) is 0 Å². The third kappa shape index (κ3) is 2.72. The maximum atomic E-state index is 13.1. The van der Waals surface area contributed by atoms with Crippen molar-refractivity contribution in [3.8, 4) is 0 Å². The largest absolute Gasteiger partial charge is 0.465 e. The smallest absolute Gasteiger partial charge is 0.416 e. The zero-order valence-corrected chi connectivity index (χ0v) is 10.8. The minimum absolute atomic E-state index is 0.0320. The zero-order chi connectivity index (χ0) is 14.9. The Labute approximate surface area is 113 Å². The van der Waals surface area contributed by atoms with Crippen LogP contribution in [0.15, 0.2) is 12.1 Å². The Kier molecular flexibility index (Phi) is 3.89. The summed E-state index contributed by atoms with van der Waals surface area (Å²) in [7, 11) is 1.15. The summed E-state index contributed by atoms with van der Waals surface area (Å²) in [6, 6.07) is 1.96. The molecule has 1 aromatic carbocycles. The molecule has 20 heavy (non-hydrogen) atoms. The third-order valence-corrected chi connectivity index (χ3v) is 3.30. The van der Waals surface area contributed by atoms with Gasteiger partial charge in [-0.15, -0.1) is 0 Å². The first-order chi connectivity index (χ1) is 9.34. The van der Waals surface area contributed by atoms with Gasteiger partial charge in [0.05, 0.1) is 24.8 Å². The first kappa shape index (κ1) is 14.6. The first-order valence-electron chi connectivity index (χ1n) is 6.01. The molecule has 0 radical (unpaired) electrons. The Morgan fingerprint density at radius 1 is 1.45 bits per heavy atom. The Morgan fingerprint density at radius 3 is 2.65 bits per heavy atom. The molecule has 0 amide bonds. The van der Waals surface area contributed by atoms with Crippen LogP contribution in [-0.2, 0) is 15.7 Å². The lowest BCUT2D eigenvalue weighted by Crippen LogP contribution is -2.16. The topological polar surface area (TPSA) is 61.5 Å². The van der Waals surface area contributed by atoms with E-state index < -0.39 is 23.6 Å². The maximum absolute atomic E-state index is 13.1. The SMILES string of the molecule is COC(=O)c1cc(C2CCOC2)c(C(F)(F)F)cc1N. The monoisotopic (exact) mass is 289 g/mol. The number of hydrogen-bond donors (Lipinski definition) is 1. The fourth-order valence-corrected chi connectivity index (χ4v) is 2.28. The van der Waals surface area contributed by atoms with Gasteiger partial charge in [-0.2, -0.15) is 13.2 Å². The van der Waals surface area contributed by atoms with E-state index >= 15 is 0 Å². The Morgan fingerprint density at radius 2 is 2.15 bits per heavy atom. The van der Waals surface area contributed by atoms with Crippen LogP contribution in [0.3, 0.4) is 0 Å². The van der Waals surface area contributed by atoms with E-state index in [-0.39, 0.29) is 23.4 Å². The van der Waals surface area contributed by atoms with E-state index in [4.69, 9.17) is 10.5 Å². The molecule has 1 unspecified atom stereocenters. The van der Waals surface area contributed by atoms with Crippen molar-refractivity contribution in [2.75, 3.05) is 26.1 Å². The van der Waals surface area contributed by atoms with Crippen LogP contribution in [0.2, 0.25) is 0 Å². The summed E-state index contributed by atoms with van der Waals surface area (Å²) in [5, 5.41) is 0. The Bertz CT molecular complexity index is 522. The van der Waals surface area contributed by atoms with Crippen molar-refractivity contribution < 1.29 is 27.4 Å². The molecule has 0 aromatic heterocycles. The molecule has 7 heteroatoms. The lowest BCUT2D eigenvalue weighted by atomic mass is 9.90. The highest BCUT2D eigenvalue weighted by molar-refractivity contribution is 5.95. The normalized spacial score (nSPS) is 19.1. The van der Waals surface area contributed by atoms with Crippen LogP contribution < -0.4 is 5.73 Å². The molecular weight excluding hydrogens is 275 g/mol. The van der Waals surface area contributed by atoms with Crippen LogP contribution >= 0.6 is 0 Å². The molecule has 1 aromatic rings. The van der Waals surface area contributed by atoms with Gasteiger partial charge in [-0.3, -0.25) is 0 Å². The van der Waals surface area contributed by atoms with E-state index in [2.05, 4.69) is 4.74 Å². The lowest BCUT2D eigenvalue weighted by Gasteiger charge is -2.19. The number of alkyl halides is 3. The van der Waals surface area contributed by atoms with E-state index in [0.29, 0.717) is 13.0 Å². The summed E-state index contributed by atoms with van der Waals surface area (Å²) in [5.41, 5.74) is 4.44. The van der Waals surface area contributed by atoms with Gasteiger partial charge < -0.3 is 15.2 Å². The molecule has 0 aliphatic carbocycles. The third-order valence-electron chi connectivity index (χ3n) is 3.30. The van der Waals surface area contributed by atoms with Crippen LogP contribution in [0.4, 0.5) is 18.9 Å². The zero-order valence-electron chi connectivity index (χ0n) is 10.8. The number of hydrogen-bond acceptors (Lipinski definition) is 4. The quantitative estimate of drug-likeness (QED) is 0.671. The van der Waals surface area contributed by atoms with Crippen molar-refractivity contribution >= 4 is 11.7 Å². The van der Waals surface area contributed by atoms with Gasteiger partial charge in [0.15, 0.2) is 0 Å². The predicted octanol–water partition coefficient (Wildman–Crippen LogP) is 2.58. The Hall–Kier alpha value is -1.76. The maximum Gasteiger partial charge on any atom is 0.416 e. The first-order valence-corrected chi connectivity index (χ1v) is 6.01. The molecule has 1 heterocycles. The molecule has 4 nitrogen and oxygen atoms in total. The van der Waals surface area contributed by atoms with E-state index in [0.717, 1.165) is 13.2 Å². The van der Waals surface area contributed by atoms with Gasteiger partial charge >= 0.3 is 12.1 Å². The highest BCUT2D eigenvalue weighted by atomic mass is 19.4. The molecule has 0 bridgehead atoms. The number of rotatable bonds is 2. The average Bonchev–Trinajstić information content (AvgIpc) is 2.90. The predicted molar refractivity (Wildman–Crippen MR) is 65.4 cm³/mol. The van der Waals surface area contributed by atoms with Crippen LogP contribution in [0, 0.1) is 0 Å². The number of halogens is 3. The summed E-state index contributed by atoms with van der Waals surface area (Å²) in [6.07, 6.45) is -4.05. The number of nitrogen functional groups attached to an aromatic ring is 1. The van der Waals surface area contributed by atoms with Gasteiger partial charge in [-0.25, -0.2) is 4.79 Å². The summed E-state index contributed by atoms with van der Waals surface area (Å²) >= 11 is 0. The molecule has 110 valence electrons. The van der Waals surface area contributed by atoms with Crippen LogP contribution in [0.1, 0.15) is 33.8 Å². The number of benzene rings is 1. The van der Waals surface area contributed by atoms with Crippen molar-refractivity contribution in [2.24, 2.45) is 0 Å². The summed E-state index contributed by atoms with van der Waals surface area (Å²) in [6.45, 7) is 0.605. The molecule has 1 atom stereocenters. The second kappa shape index (κ2) is 5.32. The average molecular weight is 289 g/mol. The number of anilines is 1. The minimum atomic E-state index is -4.53. The summed E-state index contributed by atoms with van der Waals surface area (Å²) < 4.78 is 48.9. The molecule has 1 aliphatic rings. The molecule has 1 fully saturated rings.